The smallest absolute Gasteiger partial charge is 0.246 e. The van der Waals surface area contributed by atoms with Crippen molar-refractivity contribution < 1.29 is 22.7 Å². The second kappa shape index (κ2) is 8.26. The highest BCUT2D eigenvalue weighted by atomic mass is 32.2. The summed E-state index contributed by atoms with van der Waals surface area (Å²) in [6.45, 7) is 2.83. The Morgan fingerprint density at radius 3 is 2.67 bits per heavy atom. The van der Waals surface area contributed by atoms with Crippen LogP contribution in [0.4, 0.5) is 4.39 Å². The average Bonchev–Trinajstić information content (AvgIpc) is 3.12. The highest BCUT2D eigenvalue weighted by Gasteiger charge is 2.51. The molecule has 0 saturated carbocycles. The van der Waals surface area contributed by atoms with Gasteiger partial charge < -0.3 is 9.84 Å². The van der Waals surface area contributed by atoms with Crippen molar-refractivity contribution in [3.05, 3.63) is 59.9 Å². The summed E-state index contributed by atoms with van der Waals surface area (Å²) in [6.07, 6.45) is 0.566. The van der Waals surface area contributed by atoms with E-state index in [-0.39, 0.29) is 35.1 Å². The van der Waals surface area contributed by atoms with E-state index in [1.54, 1.807) is 0 Å². The molecule has 2 fully saturated rings. The molecule has 0 aromatic heterocycles. The third kappa shape index (κ3) is 3.85. The van der Waals surface area contributed by atoms with Crippen LogP contribution < -0.4 is 4.74 Å². The van der Waals surface area contributed by atoms with Gasteiger partial charge in [0, 0.05) is 38.1 Å². The number of hydrogen-bond acceptors (Lipinski definition) is 5. The maximum atomic E-state index is 13.8. The van der Waals surface area contributed by atoms with Crippen molar-refractivity contribution in [1.29, 1.82) is 0 Å². The van der Waals surface area contributed by atoms with E-state index in [4.69, 9.17) is 4.74 Å². The Bertz CT molecular complexity index is 1000. The minimum Gasteiger partial charge on any atom is -0.495 e. The van der Waals surface area contributed by atoms with Crippen LogP contribution in [0.15, 0.2) is 53.4 Å². The predicted octanol–water partition coefficient (Wildman–Crippen LogP) is 2.34. The zero-order valence-corrected chi connectivity index (χ0v) is 17.8. The Hall–Kier alpha value is -2.00. The maximum absolute atomic E-state index is 13.8. The Labute approximate surface area is 176 Å². The lowest BCUT2D eigenvalue weighted by molar-refractivity contribution is 0.0436. The van der Waals surface area contributed by atoms with Crippen LogP contribution in [0.1, 0.15) is 12.0 Å². The fraction of sp³-hybridized carbons (Fsp3) is 0.455. The molecule has 2 aromatic carbocycles. The number of piperidine rings is 1. The number of fused-ring (bicyclic) bond motifs is 1. The number of halogens is 1. The fourth-order valence-corrected chi connectivity index (χ4v) is 6.45. The highest BCUT2D eigenvalue weighted by molar-refractivity contribution is 7.89. The Kier molecular flexibility index (Phi) is 5.85. The molecule has 0 bridgehead atoms. The molecule has 2 atom stereocenters. The van der Waals surface area contributed by atoms with E-state index in [1.807, 2.05) is 18.2 Å². The lowest BCUT2D eigenvalue weighted by Gasteiger charge is -2.41. The van der Waals surface area contributed by atoms with Gasteiger partial charge in [-0.3, -0.25) is 4.90 Å². The van der Waals surface area contributed by atoms with Crippen LogP contribution in [0.25, 0.3) is 0 Å². The van der Waals surface area contributed by atoms with Crippen LogP contribution >= 0.6 is 0 Å². The Balaban J connectivity index is 1.55. The normalized spacial score (nSPS) is 25.2. The molecule has 4 rings (SSSR count). The largest absolute Gasteiger partial charge is 0.495 e. The maximum Gasteiger partial charge on any atom is 0.246 e. The fourth-order valence-electron chi connectivity index (χ4n) is 4.79. The molecule has 2 saturated heterocycles. The van der Waals surface area contributed by atoms with Crippen molar-refractivity contribution in [2.75, 3.05) is 39.9 Å². The van der Waals surface area contributed by atoms with Crippen molar-refractivity contribution >= 4 is 10.0 Å². The molecule has 162 valence electrons. The first-order valence-corrected chi connectivity index (χ1v) is 11.5. The summed E-state index contributed by atoms with van der Waals surface area (Å²) in [5.74, 6) is -0.479. The summed E-state index contributed by atoms with van der Waals surface area (Å²) < 4.78 is 46.9. The molecule has 0 spiro atoms. The number of nitrogens with zero attached hydrogens (tertiary/aromatic N) is 2. The Morgan fingerprint density at radius 2 is 1.97 bits per heavy atom. The summed E-state index contributed by atoms with van der Waals surface area (Å²) in [5, 5.41) is 10.2. The van der Waals surface area contributed by atoms with Crippen LogP contribution in [0, 0.1) is 17.2 Å². The molecule has 2 aliphatic heterocycles. The van der Waals surface area contributed by atoms with Gasteiger partial charge in [-0.05, 0) is 36.1 Å². The van der Waals surface area contributed by atoms with Crippen LogP contribution in [-0.2, 0) is 16.6 Å². The first-order chi connectivity index (χ1) is 14.4. The molecule has 2 heterocycles. The number of rotatable bonds is 6. The van der Waals surface area contributed by atoms with Crippen LogP contribution in [0.5, 0.6) is 5.75 Å². The standard InChI is InChI=1S/C22H27FN2O4S/c1-29-20-8-7-19(23)11-21(20)30(27,28)25-10-9-22(16-26)15-24(13-18(22)14-25)12-17-5-3-2-4-6-17/h2-8,11,18,26H,9-10,12-16H2,1H3/t18-,22-/m0/s1. The SMILES string of the molecule is COc1ccc(F)cc1S(=O)(=O)N1CC[C@@]2(CO)CN(Cc3ccccc3)C[C@H]2C1. The van der Waals surface area contributed by atoms with Crippen molar-refractivity contribution in [3.8, 4) is 5.75 Å². The van der Waals surface area contributed by atoms with Crippen molar-refractivity contribution in [2.24, 2.45) is 11.3 Å². The molecular weight excluding hydrogens is 407 g/mol. The monoisotopic (exact) mass is 434 g/mol. The van der Waals surface area contributed by atoms with E-state index in [9.17, 15) is 17.9 Å². The Morgan fingerprint density at radius 1 is 1.20 bits per heavy atom. The molecular formula is C22H27FN2O4S. The molecule has 0 unspecified atom stereocenters. The number of hydrogen-bond donors (Lipinski definition) is 1. The molecule has 8 heteroatoms. The van der Waals surface area contributed by atoms with Crippen LogP contribution in [0.3, 0.4) is 0 Å². The van der Waals surface area contributed by atoms with Crippen molar-refractivity contribution in [2.45, 2.75) is 17.9 Å². The lowest BCUT2D eigenvalue weighted by atomic mass is 9.74. The number of methoxy groups -OCH3 is 1. The number of sulfonamides is 1. The minimum atomic E-state index is -3.91. The van der Waals surface area contributed by atoms with E-state index >= 15 is 0 Å². The minimum absolute atomic E-state index is 0.00860. The molecule has 30 heavy (non-hydrogen) atoms. The second-order valence-electron chi connectivity index (χ2n) is 8.28. The zero-order chi connectivity index (χ0) is 21.4. The summed E-state index contributed by atoms with van der Waals surface area (Å²) in [7, 11) is -2.54. The third-order valence-electron chi connectivity index (χ3n) is 6.47. The lowest BCUT2D eigenvalue weighted by Crippen LogP contribution is -2.50. The number of likely N-dealkylation sites (tertiary alicyclic amines) is 1. The van der Waals surface area contributed by atoms with E-state index in [0.717, 1.165) is 19.2 Å². The average molecular weight is 435 g/mol. The van der Waals surface area contributed by atoms with Crippen molar-refractivity contribution in [1.82, 2.24) is 9.21 Å². The number of ether oxygens (including phenoxy) is 1. The van der Waals surface area contributed by atoms with E-state index in [0.29, 0.717) is 19.5 Å². The first kappa shape index (κ1) is 21.2. The van der Waals surface area contributed by atoms with E-state index < -0.39 is 15.8 Å². The van der Waals surface area contributed by atoms with Gasteiger partial charge in [-0.15, -0.1) is 0 Å². The predicted molar refractivity (Wildman–Crippen MR) is 111 cm³/mol. The molecule has 0 radical (unpaired) electrons. The van der Waals surface area contributed by atoms with Gasteiger partial charge in [0.15, 0.2) is 0 Å². The summed E-state index contributed by atoms with van der Waals surface area (Å²) in [5.41, 5.74) is 0.880. The van der Waals surface area contributed by atoms with Gasteiger partial charge in [-0.2, -0.15) is 4.31 Å². The van der Waals surface area contributed by atoms with Crippen molar-refractivity contribution in [3.63, 3.8) is 0 Å². The molecule has 6 nitrogen and oxygen atoms in total. The quantitative estimate of drug-likeness (QED) is 0.756. The van der Waals surface area contributed by atoms with Gasteiger partial charge in [0.05, 0.1) is 13.7 Å². The van der Waals surface area contributed by atoms with Gasteiger partial charge in [0.1, 0.15) is 16.5 Å². The summed E-state index contributed by atoms with van der Waals surface area (Å²) in [6, 6.07) is 13.7. The highest BCUT2D eigenvalue weighted by Crippen LogP contribution is 2.44. The van der Waals surface area contributed by atoms with Crippen LogP contribution in [0.2, 0.25) is 0 Å². The van der Waals surface area contributed by atoms with E-state index in [2.05, 4.69) is 17.0 Å². The van der Waals surface area contributed by atoms with Gasteiger partial charge >= 0.3 is 0 Å². The first-order valence-electron chi connectivity index (χ1n) is 10.1. The summed E-state index contributed by atoms with van der Waals surface area (Å²) in [4.78, 5) is 2.13. The van der Waals surface area contributed by atoms with Gasteiger partial charge in [-0.1, -0.05) is 30.3 Å². The van der Waals surface area contributed by atoms with E-state index in [1.165, 1.54) is 29.1 Å². The molecule has 2 aliphatic rings. The van der Waals surface area contributed by atoms with Gasteiger partial charge in [0.25, 0.3) is 0 Å². The third-order valence-corrected chi connectivity index (χ3v) is 8.36. The number of aliphatic hydroxyl groups excluding tert-OH is 1. The molecule has 1 N–H and O–H groups in total. The number of benzene rings is 2. The molecule has 0 amide bonds. The van der Waals surface area contributed by atoms with Gasteiger partial charge in [-0.25, -0.2) is 12.8 Å². The topological polar surface area (TPSA) is 70.1 Å². The van der Waals surface area contributed by atoms with Crippen LogP contribution in [-0.4, -0.2) is 62.6 Å². The number of aliphatic hydroxyl groups is 1. The molecule has 2 aromatic rings. The zero-order valence-electron chi connectivity index (χ0n) is 17.0. The molecule has 0 aliphatic carbocycles. The second-order valence-corrected chi connectivity index (χ2v) is 10.2. The van der Waals surface area contributed by atoms with Gasteiger partial charge in [0.2, 0.25) is 10.0 Å². The summed E-state index contributed by atoms with van der Waals surface area (Å²) >= 11 is 0.